The molecular weight excluding hydrogens is 329 g/mol. The van der Waals surface area contributed by atoms with Crippen LogP contribution >= 0.6 is 0 Å². The Labute approximate surface area is 137 Å². The molecule has 1 aliphatic heterocycles. The van der Waals surface area contributed by atoms with Gasteiger partial charge in [-0.05, 0) is 12.1 Å². The molecule has 1 amide bonds. The molecule has 1 saturated heterocycles. The number of nitrogens with zero attached hydrogens (tertiary/aromatic N) is 3. The molecule has 2 rings (SSSR count). The van der Waals surface area contributed by atoms with E-state index in [1.54, 1.807) is 12.4 Å². The maximum Gasteiger partial charge on any atom is 0.490 e. The van der Waals surface area contributed by atoms with Gasteiger partial charge in [0.05, 0.1) is 6.54 Å². The molecule has 0 aromatic carbocycles. The van der Waals surface area contributed by atoms with Gasteiger partial charge in [0.1, 0.15) is 0 Å². The summed E-state index contributed by atoms with van der Waals surface area (Å²) >= 11 is 0. The molecule has 10 heteroatoms. The van der Waals surface area contributed by atoms with Gasteiger partial charge in [-0.1, -0.05) is 0 Å². The molecule has 1 fully saturated rings. The third-order valence-corrected chi connectivity index (χ3v) is 3.24. The zero-order valence-electron chi connectivity index (χ0n) is 13.1. The number of nitrogens with one attached hydrogen (secondary N) is 1. The summed E-state index contributed by atoms with van der Waals surface area (Å²) in [5, 5.41) is 10.2. The molecule has 2 heterocycles. The molecule has 0 aliphatic carbocycles. The Balaban J connectivity index is 0.000000351. The van der Waals surface area contributed by atoms with Gasteiger partial charge in [-0.3, -0.25) is 9.78 Å². The number of hydrogen-bond donors (Lipinski definition) is 2. The minimum atomic E-state index is -5.08. The van der Waals surface area contributed by atoms with Crippen molar-refractivity contribution in [1.82, 2.24) is 15.2 Å². The number of aromatic nitrogens is 1. The number of likely N-dealkylation sites (N-methyl/N-ethyl adjacent to an activating group) is 1. The third kappa shape index (κ3) is 6.82. The molecule has 134 valence electrons. The largest absolute Gasteiger partial charge is 0.490 e. The highest BCUT2D eigenvalue weighted by Crippen LogP contribution is 2.13. The van der Waals surface area contributed by atoms with E-state index in [2.05, 4.69) is 15.2 Å². The zero-order valence-corrected chi connectivity index (χ0v) is 13.1. The van der Waals surface area contributed by atoms with E-state index in [4.69, 9.17) is 9.90 Å². The monoisotopic (exact) mass is 348 g/mol. The number of rotatable bonds is 4. The van der Waals surface area contributed by atoms with E-state index in [0.29, 0.717) is 6.54 Å². The quantitative estimate of drug-likeness (QED) is 0.828. The molecule has 2 N–H and O–H groups in total. The fourth-order valence-electron chi connectivity index (χ4n) is 1.88. The number of pyridine rings is 1. The molecule has 0 saturated carbocycles. The summed E-state index contributed by atoms with van der Waals surface area (Å²) in [5.41, 5.74) is 1.13. The van der Waals surface area contributed by atoms with Crippen LogP contribution in [-0.2, 0) is 9.59 Å². The van der Waals surface area contributed by atoms with Gasteiger partial charge in [-0.15, -0.1) is 0 Å². The number of carbonyl (C=O) groups excluding carboxylic acids is 1. The summed E-state index contributed by atoms with van der Waals surface area (Å²) in [5.74, 6) is -2.56. The van der Waals surface area contributed by atoms with Crippen LogP contribution in [0.1, 0.15) is 0 Å². The first-order chi connectivity index (χ1) is 11.2. The van der Waals surface area contributed by atoms with Crippen LogP contribution in [0.25, 0.3) is 0 Å². The van der Waals surface area contributed by atoms with Crippen molar-refractivity contribution in [3.8, 4) is 0 Å². The highest BCUT2D eigenvalue weighted by molar-refractivity contribution is 5.79. The Morgan fingerprint density at radius 1 is 1.42 bits per heavy atom. The minimum absolute atomic E-state index is 0.194. The lowest BCUT2D eigenvalue weighted by Gasteiger charge is -2.29. The Kier molecular flexibility index (Phi) is 7.43. The first-order valence-corrected chi connectivity index (χ1v) is 7.11. The van der Waals surface area contributed by atoms with Gasteiger partial charge >= 0.3 is 12.1 Å². The van der Waals surface area contributed by atoms with Gasteiger partial charge in [0, 0.05) is 51.3 Å². The number of hydrogen-bond acceptors (Lipinski definition) is 5. The van der Waals surface area contributed by atoms with Gasteiger partial charge in [-0.2, -0.15) is 13.2 Å². The summed E-state index contributed by atoms with van der Waals surface area (Å²) in [6.45, 7) is 3.79. The highest BCUT2D eigenvalue weighted by Gasteiger charge is 2.38. The van der Waals surface area contributed by atoms with Crippen LogP contribution in [0.4, 0.5) is 18.9 Å². The van der Waals surface area contributed by atoms with Crippen LogP contribution in [0.3, 0.4) is 0 Å². The fraction of sp³-hybridized carbons (Fsp3) is 0.500. The fourth-order valence-corrected chi connectivity index (χ4v) is 1.88. The van der Waals surface area contributed by atoms with Crippen molar-refractivity contribution in [2.45, 2.75) is 6.18 Å². The summed E-state index contributed by atoms with van der Waals surface area (Å²) in [6.07, 6.45) is -1.52. The van der Waals surface area contributed by atoms with Crippen LogP contribution in [0.15, 0.2) is 24.5 Å². The lowest BCUT2D eigenvalue weighted by atomic mass is 10.3. The van der Waals surface area contributed by atoms with E-state index in [0.717, 1.165) is 31.9 Å². The number of amides is 1. The first kappa shape index (κ1) is 19.7. The van der Waals surface area contributed by atoms with Crippen molar-refractivity contribution in [3.05, 3.63) is 24.5 Å². The molecule has 0 unspecified atom stereocenters. The average molecular weight is 348 g/mol. The maximum absolute atomic E-state index is 11.6. The van der Waals surface area contributed by atoms with Gasteiger partial charge in [-0.25, -0.2) is 4.79 Å². The molecule has 0 spiro atoms. The standard InChI is InChI=1S/C12H18N4O.C2HF3O2/c1-15(11-2-4-13-5-3-11)8-9-16-7-6-14-10-12(16)17;3-2(4,5)1(6)7/h2-5,14H,6-10H2,1H3;(H,6,7). The van der Waals surface area contributed by atoms with Crippen molar-refractivity contribution in [2.75, 3.05) is 44.7 Å². The van der Waals surface area contributed by atoms with Crippen LogP contribution in [-0.4, -0.2) is 72.8 Å². The number of aliphatic carboxylic acids is 1. The van der Waals surface area contributed by atoms with E-state index in [1.807, 2.05) is 24.1 Å². The summed E-state index contributed by atoms with van der Waals surface area (Å²) in [6, 6.07) is 3.94. The molecular formula is C14H19F3N4O3. The smallest absolute Gasteiger partial charge is 0.475 e. The Morgan fingerprint density at radius 3 is 2.50 bits per heavy atom. The Hall–Kier alpha value is -2.36. The lowest BCUT2D eigenvalue weighted by molar-refractivity contribution is -0.192. The van der Waals surface area contributed by atoms with Gasteiger partial charge in [0.15, 0.2) is 0 Å². The highest BCUT2D eigenvalue weighted by atomic mass is 19.4. The van der Waals surface area contributed by atoms with Crippen molar-refractivity contribution < 1.29 is 27.9 Å². The first-order valence-electron chi connectivity index (χ1n) is 7.11. The van der Waals surface area contributed by atoms with Crippen LogP contribution in [0.5, 0.6) is 0 Å². The molecule has 0 bridgehead atoms. The Bertz CT molecular complexity index is 540. The Morgan fingerprint density at radius 2 is 2.00 bits per heavy atom. The van der Waals surface area contributed by atoms with Crippen LogP contribution in [0.2, 0.25) is 0 Å². The molecule has 0 atom stereocenters. The van der Waals surface area contributed by atoms with E-state index in [-0.39, 0.29) is 5.91 Å². The zero-order chi connectivity index (χ0) is 18.2. The molecule has 1 aliphatic rings. The van der Waals surface area contributed by atoms with Crippen molar-refractivity contribution in [1.29, 1.82) is 0 Å². The molecule has 0 radical (unpaired) electrons. The number of anilines is 1. The third-order valence-electron chi connectivity index (χ3n) is 3.24. The summed E-state index contributed by atoms with van der Waals surface area (Å²) in [4.78, 5) is 28.5. The predicted octanol–water partition coefficient (Wildman–Crippen LogP) is 0.583. The van der Waals surface area contributed by atoms with Crippen molar-refractivity contribution >= 4 is 17.6 Å². The molecule has 24 heavy (non-hydrogen) atoms. The minimum Gasteiger partial charge on any atom is -0.475 e. The van der Waals surface area contributed by atoms with E-state index in [1.165, 1.54) is 0 Å². The van der Waals surface area contributed by atoms with E-state index in [9.17, 15) is 18.0 Å². The maximum atomic E-state index is 11.6. The normalized spacial score (nSPS) is 14.7. The van der Waals surface area contributed by atoms with Gasteiger partial charge in [0.25, 0.3) is 0 Å². The number of alkyl halides is 3. The second kappa shape index (κ2) is 9.06. The number of carboxylic acids is 1. The number of carbonyl (C=O) groups is 2. The van der Waals surface area contributed by atoms with Crippen molar-refractivity contribution in [2.24, 2.45) is 0 Å². The van der Waals surface area contributed by atoms with E-state index < -0.39 is 12.1 Å². The average Bonchev–Trinajstić information content (AvgIpc) is 2.54. The SMILES string of the molecule is CN(CCN1CCNCC1=O)c1ccncc1.O=C(O)C(F)(F)F. The van der Waals surface area contributed by atoms with E-state index >= 15 is 0 Å². The lowest BCUT2D eigenvalue weighted by Crippen LogP contribution is -2.50. The topological polar surface area (TPSA) is 85.8 Å². The van der Waals surface area contributed by atoms with Gasteiger partial charge in [0.2, 0.25) is 5.91 Å². The molecule has 7 nitrogen and oxygen atoms in total. The van der Waals surface area contributed by atoms with Gasteiger partial charge < -0.3 is 20.2 Å². The number of carboxylic acid groups (broad SMARTS) is 1. The predicted molar refractivity (Wildman–Crippen MR) is 80.6 cm³/mol. The second-order valence-corrected chi connectivity index (χ2v) is 4.99. The summed E-state index contributed by atoms with van der Waals surface area (Å²) < 4.78 is 31.7. The summed E-state index contributed by atoms with van der Waals surface area (Å²) in [7, 11) is 2.03. The number of piperazine rings is 1. The van der Waals surface area contributed by atoms with Crippen LogP contribution < -0.4 is 10.2 Å². The number of halogens is 3. The van der Waals surface area contributed by atoms with Crippen LogP contribution in [0, 0.1) is 0 Å². The van der Waals surface area contributed by atoms with Crippen molar-refractivity contribution in [3.63, 3.8) is 0 Å². The molecule has 1 aromatic heterocycles. The molecule has 1 aromatic rings. The second-order valence-electron chi connectivity index (χ2n) is 4.99.